The van der Waals surface area contributed by atoms with E-state index in [0.717, 1.165) is 9.26 Å². The zero-order chi connectivity index (χ0) is 14.7. The van der Waals surface area contributed by atoms with E-state index in [2.05, 4.69) is 32.3 Å². The van der Waals surface area contributed by atoms with Crippen molar-refractivity contribution in [3.8, 4) is 0 Å². The van der Waals surface area contributed by atoms with E-state index in [9.17, 15) is 4.79 Å². The van der Waals surface area contributed by atoms with Gasteiger partial charge in [-0.15, -0.1) is 0 Å². The van der Waals surface area contributed by atoms with Crippen molar-refractivity contribution in [1.29, 1.82) is 0 Å². The molecule has 1 aromatic carbocycles. The van der Waals surface area contributed by atoms with Crippen LogP contribution in [-0.2, 0) is 4.74 Å². The molecule has 4 nitrogen and oxygen atoms in total. The molecule has 0 aliphatic heterocycles. The molecule has 1 heterocycles. The highest BCUT2D eigenvalue weighted by Gasteiger charge is 2.20. The van der Waals surface area contributed by atoms with Gasteiger partial charge in [0.2, 0.25) is 0 Å². The monoisotopic (exact) mass is 422 g/mol. The molecule has 0 bridgehead atoms. The number of nitrogens with zero attached hydrogens (tertiary/aromatic N) is 1. The van der Waals surface area contributed by atoms with Crippen LogP contribution in [0.4, 0.5) is 10.7 Å². The second-order valence-corrected chi connectivity index (χ2v) is 6.37. The average molecular weight is 423 g/mol. The third-order valence-corrected chi connectivity index (χ3v) is 4.36. The largest absolute Gasteiger partial charge is 0.462 e. The number of anilines is 2. The van der Waals surface area contributed by atoms with Crippen LogP contribution in [-0.4, -0.2) is 16.9 Å². The number of hydrogen-bond donors (Lipinski definition) is 1. The SMILES string of the molecule is CCOC(=O)c1c(C)nsc1Nc1ccc(I)cc1Cl. The summed E-state index contributed by atoms with van der Waals surface area (Å²) in [7, 11) is 0. The summed E-state index contributed by atoms with van der Waals surface area (Å²) in [4.78, 5) is 11.9. The summed E-state index contributed by atoms with van der Waals surface area (Å²) >= 11 is 9.59. The number of carbonyl (C=O) groups excluding carboxylic acids is 1. The lowest BCUT2D eigenvalue weighted by Gasteiger charge is -2.08. The van der Waals surface area contributed by atoms with Crippen molar-refractivity contribution in [2.75, 3.05) is 11.9 Å². The van der Waals surface area contributed by atoms with Crippen LogP contribution in [0.2, 0.25) is 5.02 Å². The fourth-order valence-corrected chi connectivity index (χ4v) is 3.31. The minimum Gasteiger partial charge on any atom is -0.462 e. The van der Waals surface area contributed by atoms with Gasteiger partial charge in [-0.3, -0.25) is 0 Å². The maximum atomic E-state index is 11.9. The molecular formula is C13H12ClIN2O2S. The highest BCUT2D eigenvalue weighted by atomic mass is 127. The number of aromatic nitrogens is 1. The number of carbonyl (C=O) groups is 1. The van der Waals surface area contributed by atoms with Gasteiger partial charge >= 0.3 is 5.97 Å². The molecule has 0 unspecified atom stereocenters. The topological polar surface area (TPSA) is 51.2 Å². The Labute approximate surface area is 139 Å². The van der Waals surface area contributed by atoms with Gasteiger partial charge in [0.25, 0.3) is 0 Å². The molecule has 1 N–H and O–H groups in total. The predicted molar refractivity (Wildman–Crippen MR) is 90.3 cm³/mol. The van der Waals surface area contributed by atoms with Gasteiger partial charge in [-0.05, 0) is 66.2 Å². The number of esters is 1. The summed E-state index contributed by atoms with van der Waals surface area (Å²) in [6.07, 6.45) is 0. The number of ether oxygens (including phenoxy) is 1. The van der Waals surface area contributed by atoms with Crippen LogP contribution in [0.3, 0.4) is 0 Å². The van der Waals surface area contributed by atoms with Gasteiger partial charge in [0.15, 0.2) is 0 Å². The molecule has 0 fully saturated rings. The first-order valence-electron chi connectivity index (χ1n) is 5.88. The molecule has 2 aromatic rings. The second kappa shape index (κ2) is 6.73. The summed E-state index contributed by atoms with van der Waals surface area (Å²) in [5.74, 6) is -0.372. The Kier molecular flexibility index (Phi) is 5.22. The van der Waals surface area contributed by atoms with Gasteiger partial charge in [0.05, 0.1) is 23.0 Å². The third-order valence-electron chi connectivity index (χ3n) is 2.52. The molecule has 0 atom stereocenters. The first-order valence-corrected chi connectivity index (χ1v) is 8.11. The van der Waals surface area contributed by atoms with Crippen LogP contribution in [0.25, 0.3) is 0 Å². The van der Waals surface area contributed by atoms with Gasteiger partial charge in [-0.25, -0.2) is 4.79 Å². The minimum absolute atomic E-state index is 0.331. The molecule has 20 heavy (non-hydrogen) atoms. The van der Waals surface area contributed by atoms with E-state index in [-0.39, 0.29) is 5.97 Å². The Morgan fingerprint density at radius 1 is 1.55 bits per heavy atom. The quantitative estimate of drug-likeness (QED) is 0.576. The summed E-state index contributed by atoms with van der Waals surface area (Å²) in [5.41, 5.74) is 1.85. The summed E-state index contributed by atoms with van der Waals surface area (Å²) in [5, 5.41) is 4.39. The lowest BCUT2D eigenvalue weighted by atomic mass is 10.2. The zero-order valence-corrected chi connectivity index (χ0v) is 14.6. The van der Waals surface area contributed by atoms with Gasteiger partial charge in [-0.1, -0.05) is 11.6 Å². The van der Waals surface area contributed by atoms with E-state index in [1.165, 1.54) is 11.5 Å². The molecule has 0 saturated carbocycles. The first kappa shape index (κ1) is 15.5. The number of benzene rings is 1. The minimum atomic E-state index is -0.372. The number of rotatable bonds is 4. The van der Waals surface area contributed by atoms with Crippen LogP contribution in [0.1, 0.15) is 23.0 Å². The van der Waals surface area contributed by atoms with Crippen molar-refractivity contribution in [2.45, 2.75) is 13.8 Å². The molecule has 0 aliphatic rings. The Morgan fingerprint density at radius 3 is 2.95 bits per heavy atom. The van der Waals surface area contributed by atoms with Crippen molar-refractivity contribution in [3.63, 3.8) is 0 Å². The van der Waals surface area contributed by atoms with Crippen molar-refractivity contribution in [3.05, 3.63) is 38.0 Å². The van der Waals surface area contributed by atoms with Crippen molar-refractivity contribution in [2.24, 2.45) is 0 Å². The van der Waals surface area contributed by atoms with Crippen LogP contribution in [0, 0.1) is 10.5 Å². The van der Waals surface area contributed by atoms with Crippen LogP contribution >= 0.6 is 45.7 Å². The number of hydrogen-bond acceptors (Lipinski definition) is 5. The number of nitrogens with one attached hydrogen (secondary N) is 1. The average Bonchev–Trinajstić information content (AvgIpc) is 2.74. The highest BCUT2D eigenvalue weighted by Crippen LogP contribution is 2.32. The Morgan fingerprint density at radius 2 is 2.30 bits per heavy atom. The number of halogens is 2. The standard InChI is InChI=1S/C13H12ClIN2O2S/c1-3-19-13(18)11-7(2)17-20-12(11)16-10-5-4-8(15)6-9(10)14/h4-6,16H,3H2,1-2H3. The van der Waals surface area contributed by atoms with E-state index in [0.29, 0.717) is 27.9 Å². The molecule has 0 saturated heterocycles. The summed E-state index contributed by atoms with van der Waals surface area (Å²) < 4.78 is 10.3. The fraction of sp³-hybridized carbons (Fsp3) is 0.231. The number of aryl methyl sites for hydroxylation is 1. The molecule has 0 radical (unpaired) electrons. The third kappa shape index (κ3) is 3.42. The molecule has 2 rings (SSSR count). The molecule has 7 heteroatoms. The van der Waals surface area contributed by atoms with Crippen LogP contribution in [0.5, 0.6) is 0 Å². The maximum absolute atomic E-state index is 11.9. The maximum Gasteiger partial charge on any atom is 0.343 e. The smallest absolute Gasteiger partial charge is 0.343 e. The van der Waals surface area contributed by atoms with Gasteiger partial charge in [-0.2, -0.15) is 4.37 Å². The molecule has 0 aliphatic carbocycles. The van der Waals surface area contributed by atoms with E-state index in [1.54, 1.807) is 13.8 Å². The highest BCUT2D eigenvalue weighted by molar-refractivity contribution is 14.1. The lowest BCUT2D eigenvalue weighted by molar-refractivity contribution is 0.0527. The lowest BCUT2D eigenvalue weighted by Crippen LogP contribution is -2.07. The molecule has 106 valence electrons. The van der Waals surface area contributed by atoms with Crippen molar-refractivity contribution >= 4 is 62.4 Å². The second-order valence-electron chi connectivity index (χ2n) is 3.94. The zero-order valence-electron chi connectivity index (χ0n) is 10.9. The first-order chi connectivity index (χ1) is 9.52. The van der Waals surface area contributed by atoms with Crippen LogP contribution in [0.15, 0.2) is 18.2 Å². The Bertz CT molecular complexity index is 645. The molecule has 1 aromatic heterocycles. The van der Waals surface area contributed by atoms with Crippen molar-refractivity contribution in [1.82, 2.24) is 4.37 Å². The summed E-state index contributed by atoms with van der Waals surface area (Å²) in [6, 6.07) is 5.66. The molecule has 0 spiro atoms. The van der Waals surface area contributed by atoms with E-state index < -0.39 is 0 Å². The molecule has 0 amide bonds. The summed E-state index contributed by atoms with van der Waals surface area (Å²) in [6.45, 7) is 3.89. The van der Waals surface area contributed by atoms with Gasteiger partial charge in [0, 0.05) is 3.57 Å². The van der Waals surface area contributed by atoms with Crippen LogP contribution < -0.4 is 5.32 Å². The normalized spacial score (nSPS) is 10.4. The van der Waals surface area contributed by atoms with Gasteiger partial charge < -0.3 is 10.1 Å². The van der Waals surface area contributed by atoms with E-state index in [1.807, 2.05) is 18.2 Å². The van der Waals surface area contributed by atoms with Gasteiger partial charge in [0.1, 0.15) is 10.6 Å². The Balaban J connectivity index is 2.32. The fourth-order valence-electron chi connectivity index (χ4n) is 1.61. The van der Waals surface area contributed by atoms with Crippen molar-refractivity contribution < 1.29 is 9.53 Å². The van der Waals surface area contributed by atoms with E-state index >= 15 is 0 Å². The Hall–Kier alpha value is -0.860. The van der Waals surface area contributed by atoms with E-state index in [4.69, 9.17) is 16.3 Å². The molecular weight excluding hydrogens is 411 g/mol. The predicted octanol–water partition coefficient (Wildman–Crippen LogP) is 4.63.